The van der Waals surface area contributed by atoms with Crippen molar-refractivity contribution in [2.75, 3.05) is 13.1 Å². The number of nitrogens with two attached hydrogens (primary N) is 1. The largest absolute Gasteiger partial charge is 0.370 e. The number of unbranched alkanes of at least 4 members (excludes halogenated alkanes) is 1. The molecule has 2 aromatic rings. The lowest BCUT2D eigenvalue weighted by Crippen LogP contribution is -2.45. The van der Waals surface area contributed by atoms with Gasteiger partial charge in [0, 0.05) is 30.0 Å². The van der Waals surface area contributed by atoms with Crippen molar-refractivity contribution in [3.63, 3.8) is 0 Å². The number of ketones is 1. The van der Waals surface area contributed by atoms with E-state index in [4.69, 9.17) is 17.3 Å². The average Bonchev–Trinajstić information content (AvgIpc) is 3.14. The fourth-order valence-electron chi connectivity index (χ4n) is 3.52. The molecule has 0 saturated carbocycles. The molecule has 1 aliphatic heterocycles. The first-order valence-electron chi connectivity index (χ1n) is 9.83. The minimum Gasteiger partial charge on any atom is -0.370 e. The normalized spacial score (nSPS) is 16.0. The number of carbonyl (C=O) groups excluding carboxylic acids is 3. The number of nitrogens with zero attached hydrogens (tertiary/aromatic N) is 3. The van der Waals surface area contributed by atoms with Gasteiger partial charge in [0.2, 0.25) is 5.91 Å². The predicted molar refractivity (Wildman–Crippen MR) is 111 cm³/mol. The van der Waals surface area contributed by atoms with Gasteiger partial charge in [-0.15, -0.1) is 0 Å². The van der Waals surface area contributed by atoms with Crippen molar-refractivity contribution in [2.45, 2.75) is 45.1 Å². The molecule has 8 heteroatoms. The Morgan fingerprint density at radius 3 is 2.62 bits per heavy atom. The molecule has 3 rings (SSSR count). The first-order chi connectivity index (χ1) is 13.9. The molecule has 2 amide bonds. The zero-order valence-corrected chi connectivity index (χ0v) is 17.2. The summed E-state index contributed by atoms with van der Waals surface area (Å²) in [5.41, 5.74) is 7.17. The molecule has 0 saturated heterocycles. The van der Waals surface area contributed by atoms with Crippen molar-refractivity contribution in [1.82, 2.24) is 14.7 Å². The van der Waals surface area contributed by atoms with Gasteiger partial charge < -0.3 is 10.6 Å². The molecule has 0 radical (unpaired) electrons. The third-order valence-electron chi connectivity index (χ3n) is 5.07. The van der Waals surface area contributed by atoms with E-state index in [1.165, 1.54) is 0 Å². The second-order valence-corrected chi connectivity index (χ2v) is 7.79. The standard InChI is InChI=1S/C21H25ClN4O3/c1-2-3-4-16-12-25(13-17(27)9-10-20(23)28)21(29)19-11-18(24-26(16)19)14-5-7-15(22)8-6-14/h5-8,11,16H,2-4,9-10,12-13H2,1H3,(H2,23,28). The van der Waals surface area contributed by atoms with E-state index < -0.39 is 5.91 Å². The van der Waals surface area contributed by atoms with Crippen LogP contribution >= 0.6 is 11.6 Å². The lowest BCUT2D eigenvalue weighted by atomic mass is 10.1. The number of carbonyl (C=O) groups is 3. The highest BCUT2D eigenvalue weighted by molar-refractivity contribution is 6.30. The van der Waals surface area contributed by atoms with Gasteiger partial charge in [-0.1, -0.05) is 43.5 Å². The van der Waals surface area contributed by atoms with Crippen molar-refractivity contribution in [3.05, 3.63) is 41.0 Å². The van der Waals surface area contributed by atoms with E-state index in [1.807, 2.05) is 12.1 Å². The van der Waals surface area contributed by atoms with Crippen LogP contribution in [0.2, 0.25) is 5.02 Å². The molecule has 0 bridgehead atoms. The van der Waals surface area contributed by atoms with E-state index >= 15 is 0 Å². The number of aromatic nitrogens is 2. The molecule has 0 spiro atoms. The van der Waals surface area contributed by atoms with Gasteiger partial charge in [0.15, 0.2) is 5.78 Å². The van der Waals surface area contributed by atoms with Crippen LogP contribution in [0.4, 0.5) is 0 Å². The number of amides is 2. The number of hydrogen-bond donors (Lipinski definition) is 1. The van der Waals surface area contributed by atoms with Gasteiger partial charge in [-0.25, -0.2) is 0 Å². The van der Waals surface area contributed by atoms with E-state index in [0.717, 1.165) is 24.8 Å². The molecule has 0 aliphatic carbocycles. The van der Waals surface area contributed by atoms with E-state index in [2.05, 4.69) is 12.0 Å². The maximum Gasteiger partial charge on any atom is 0.272 e. The van der Waals surface area contributed by atoms with Crippen LogP contribution in [0.1, 0.15) is 55.6 Å². The highest BCUT2D eigenvalue weighted by Crippen LogP contribution is 2.29. The summed E-state index contributed by atoms with van der Waals surface area (Å²) in [5, 5.41) is 5.32. The van der Waals surface area contributed by atoms with E-state index in [9.17, 15) is 14.4 Å². The van der Waals surface area contributed by atoms with Crippen molar-refractivity contribution < 1.29 is 14.4 Å². The van der Waals surface area contributed by atoms with Gasteiger partial charge in [0.05, 0.1) is 18.3 Å². The fraction of sp³-hybridized carbons (Fsp3) is 0.429. The molecule has 1 aromatic carbocycles. The Kier molecular flexibility index (Phi) is 6.69. The van der Waals surface area contributed by atoms with Crippen LogP contribution in [0, 0.1) is 0 Å². The second kappa shape index (κ2) is 9.22. The minimum absolute atomic E-state index is 0.00122. The lowest BCUT2D eigenvalue weighted by Gasteiger charge is -2.33. The molecule has 2 N–H and O–H groups in total. The topological polar surface area (TPSA) is 98.3 Å². The number of Topliss-reactive ketones (excluding diaryl/α,β-unsaturated/α-hetero) is 1. The summed E-state index contributed by atoms with van der Waals surface area (Å²) < 4.78 is 1.80. The number of benzene rings is 1. The van der Waals surface area contributed by atoms with Crippen molar-refractivity contribution >= 4 is 29.2 Å². The Bertz CT molecular complexity index is 907. The average molecular weight is 417 g/mol. The molecular weight excluding hydrogens is 392 g/mol. The molecule has 29 heavy (non-hydrogen) atoms. The van der Waals surface area contributed by atoms with Crippen LogP contribution in [-0.4, -0.2) is 45.4 Å². The first-order valence-corrected chi connectivity index (χ1v) is 10.2. The summed E-state index contributed by atoms with van der Waals surface area (Å²) in [7, 11) is 0. The van der Waals surface area contributed by atoms with Crippen molar-refractivity contribution in [2.24, 2.45) is 5.73 Å². The summed E-state index contributed by atoms with van der Waals surface area (Å²) >= 11 is 5.97. The Hall–Kier alpha value is -2.67. The molecule has 1 aliphatic rings. The van der Waals surface area contributed by atoms with E-state index in [-0.39, 0.29) is 37.1 Å². The molecule has 7 nitrogen and oxygen atoms in total. The Morgan fingerprint density at radius 2 is 1.97 bits per heavy atom. The number of fused-ring (bicyclic) bond motifs is 1. The first kappa shape index (κ1) is 21.0. The maximum absolute atomic E-state index is 13.0. The second-order valence-electron chi connectivity index (χ2n) is 7.35. The van der Waals surface area contributed by atoms with Gasteiger partial charge in [0.1, 0.15) is 5.69 Å². The Morgan fingerprint density at radius 1 is 1.24 bits per heavy atom. The number of rotatable bonds is 9. The van der Waals surface area contributed by atoms with Crippen LogP contribution < -0.4 is 5.73 Å². The lowest BCUT2D eigenvalue weighted by molar-refractivity contribution is -0.124. The Labute approximate surface area is 174 Å². The SMILES string of the molecule is CCCCC1CN(CC(=O)CCC(N)=O)C(=O)c2cc(-c3ccc(Cl)cc3)nn21. The van der Waals surface area contributed by atoms with Crippen molar-refractivity contribution in [1.29, 1.82) is 0 Å². The molecular formula is C21H25ClN4O3. The van der Waals surface area contributed by atoms with Gasteiger partial charge in [0.25, 0.3) is 5.91 Å². The van der Waals surface area contributed by atoms with Gasteiger partial charge >= 0.3 is 0 Å². The zero-order chi connectivity index (χ0) is 21.0. The van der Waals surface area contributed by atoms with Crippen molar-refractivity contribution in [3.8, 4) is 11.3 Å². The quantitative estimate of drug-likeness (QED) is 0.678. The zero-order valence-electron chi connectivity index (χ0n) is 16.4. The van der Waals surface area contributed by atoms with Crippen LogP contribution in [0.15, 0.2) is 30.3 Å². The van der Waals surface area contributed by atoms with Crippen LogP contribution in [0.25, 0.3) is 11.3 Å². The molecule has 2 heterocycles. The van der Waals surface area contributed by atoms with Crippen LogP contribution in [0.5, 0.6) is 0 Å². The smallest absolute Gasteiger partial charge is 0.272 e. The minimum atomic E-state index is -0.519. The van der Waals surface area contributed by atoms with Gasteiger partial charge in [-0.05, 0) is 24.6 Å². The molecule has 1 aromatic heterocycles. The summed E-state index contributed by atoms with van der Waals surface area (Å²) in [4.78, 5) is 37.7. The summed E-state index contributed by atoms with van der Waals surface area (Å²) in [6, 6.07) is 9.09. The van der Waals surface area contributed by atoms with E-state index in [0.29, 0.717) is 23.0 Å². The third kappa shape index (κ3) is 5.03. The van der Waals surface area contributed by atoms with Gasteiger partial charge in [-0.2, -0.15) is 5.10 Å². The molecule has 154 valence electrons. The van der Waals surface area contributed by atoms with Crippen LogP contribution in [0.3, 0.4) is 0 Å². The van der Waals surface area contributed by atoms with E-state index in [1.54, 1.807) is 27.8 Å². The fourth-order valence-corrected chi connectivity index (χ4v) is 3.64. The Balaban J connectivity index is 1.85. The summed E-state index contributed by atoms with van der Waals surface area (Å²) in [6.45, 7) is 2.52. The molecule has 1 atom stereocenters. The highest BCUT2D eigenvalue weighted by Gasteiger charge is 2.33. The maximum atomic E-state index is 13.0. The summed E-state index contributed by atoms with van der Waals surface area (Å²) in [6.07, 6.45) is 2.94. The van der Waals surface area contributed by atoms with Gasteiger partial charge in [-0.3, -0.25) is 19.1 Å². The highest BCUT2D eigenvalue weighted by atomic mass is 35.5. The number of primary amides is 1. The monoisotopic (exact) mass is 416 g/mol. The molecule has 0 fully saturated rings. The summed E-state index contributed by atoms with van der Waals surface area (Å²) in [5.74, 6) is -0.912. The predicted octanol–water partition coefficient (Wildman–Crippen LogP) is 3.23. The van der Waals surface area contributed by atoms with Crippen LogP contribution in [-0.2, 0) is 9.59 Å². The molecule has 1 unspecified atom stereocenters. The number of hydrogen-bond acceptors (Lipinski definition) is 4. The number of halogens is 1. The third-order valence-corrected chi connectivity index (χ3v) is 5.32.